The van der Waals surface area contributed by atoms with Crippen molar-refractivity contribution in [2.45, 2.75) is 13.5 Å². The molecule has 152 valence electrons. The van der Waals surface area contributed by atoms with Crippen LogP contribution in [0.25, 0.3) is 22.5 Å². The largest absolute Gasteiger partial charge is 0.345 e. The fraction of sp³-hybridized carbons (Fsp3) is 0.0870. The van der Waals surface area contributed by atoms with Gasteiger partial charge in [0, 0.05) is 36.5 Å². The lowest BCUT2D eigenvalue weighted by atomic mass is 10.1. The summed E-state index contributed by atoms with van der Waals surface area (Å²) >= 11 is 0. The third-order valence-electron chi connectivity index (χ3n) is 4.96. The molecule has 31 heavy (non-hydrogen) atoms. The van der Waals surface area contributed by atoms with Gasteiger partial charge in [0.2, 0.25) is 0 Å². The summed E-state index contributed by atoms with van der Waals surface area (Å²) in [7, 11) is 0. The van der Waals surface area contributed by atoms with Crippen molar-refractivity contribution in [2.24, 2.45) is 0 Å². The fourth-order valence-corrected chi connectivity index (χ4v) is 3.33. The van der Waals surface area contributed by atoms with Crippen LogP contribution in [0.3, 0.4) is 0 Å². The second-order valence-electron chi connectivity index (χ2n) is 7.12. The van der Waals surface area contributed by atoms with E-state index in [9.17, 15) is 4.79 Å². The number of carbonyl (C=O) groups excluding carboxylic acids is 1. The number of aryl methyl sites for hydroxylation is 1. The van der Waals surface area contributed by atoms with E-state index in [4.69, 9.17) is 0 Å². The van der Waals surface area contributed by atoms with Crippen molar-refractivity contribution in [2.75, 3.05) is 0 Å². The van der Waals surface area contributed by atoms with E-state index in [0.29, 0.717) is 17.9 Å². The van der Waals surface area contributed by atoms with Gasteiger partial charge in [0.25, 0.3) is 5.91 Å². The molecule has 0 aliphatic rings. The first kappa shape index (κ1) is 18.7. The first-order valence-electron chi connectivity index (χ1n) is 9.81. The number of rotatable bonds is 5. The van der Waals surface area contributed by atoms with Gasteiger partial charge in [-0.05, 0) is 54.4 Å². The molecule has 0 aliphatic carbocycles. The number of carbonyl (C=O) groups is 1. The summed E-state index contributed by atoms with van der Waals surface area (Å²) in [6.45, 7) is 2.16. The highest BCUT2D eigenvalue weighted by Crippen LogP contribution is 2.22. The molecule has 0 saturated heterocycles. The second-order valence-corrected chi connectivity index (χ2v) is 7.12. The van der Waals surface area contributed by atoms with E-state index < -0.39 is 0 Å². The van der Waals surface area contributed by atoms with Gasteiger partial charge in [-0.15, -0.1) is 0 Å². The molecule has 8 heteroatoms. The van der Waals surface area contributed by atoms with Crippen LogP contribution in [0.1, 0.15) is 21.9 Å². The number of hydrogen-bond donors (Lipinski definition) is 1. The minimum absolute atomic E-state index is 0.264. The minimum atomic E-state index is -0.264. The SMILES string of the molecule is Cc1cnc(CNC(=O)c2ccn(-c3ccc4ccc(-c5ccncc5)cn34)n2)cn1. The van der Waals surface area contributed by atoms with Gasteiger partial charge in [-0.3, -0.25) is 19.7 Å². The summed E-state index contributed by atoms with van der Waals surface area (Å²) in [6.07, 6.45) is 10.7. The maximum absolute atomic E-state index is 12.5. The third kappa shape index (κ3) is 3.78. The van der Waals surface area contributed by atoms with Gasteiger partial charge in [-0.1, -0.05) is 6.07 Å². The average Bonchev–Trinajstić information content (AvgIpc) is 3.46. The Morgan fingerprint density at radius 3 is 2.61 bits per heavy atom. The van der Waals surface area contributed by atoms with Crippen LogP contribution in [0.4, 0.5) is 0 Å². The van der Waals surface area contributed by atoms with Crippen LogP contribution in [0.5, 0.6) is 0 Å². The Morgan fingerprint density at radius 2 is 1.81 bits per heavy atom. The molecule has 8 nitrogen and oxygen atoms in total. The molecule has 0 bridgehead atoms. The maximum atomic E-state index is 12.5. The standard InChI is InChI=1S/C23H19N7O/c1-16-12-26-19(13-25-16)14-27-23(31)21-8-11-30(28-21)22-5-4-20-3-2-18(15-29(20)22)17-6-9-24-10-7-17/h2-13,15H,14H2,1H3,(H,27,31). The van der Waals surface area contributed by atoms with Crippen molar-refractivity contribution in [3.63, 3.8) is 0 Å². The van der Waals surface area contributed by atoms with Crippen molar-refractivity contribution in [3.8, 4) is 16.9 Å². The monoisotopic (exact) mass is 409 g/mol. The van der Waals surface area contributed by atoms with E-state index in [1.54, 1.807) is 41.7 Å². The molecule has 5 aromatic heterocycles. The van der Waals surface area contributed by atoms with Crippen LogP contribution in [0, 0.1) is 6.92 Å². The van der Waals surface area contributed by atoms with E-state index >= 15 is 0 Å². The van der Waals surface area contributed by atoms with Gasteiger partial charge in [0.15, 0.2) is 5.69 Å². The predicted octanol–water partition coefficient (Wildman–Crippen LogP) is 3.22. The molecule has 0 aromatic carbocycles. The average molecular weight is 409 g/mol. The van der Waals surface area contributed by atoms with Crippen LogP contribution >= 0.6 is 0 Å². The van der Waals surface area contributed by atoms with Crippen molar-refractivity contribution >= 4 is 11.4 Å². The van der Waals surface area contributed by atoms with Gasteiger partial charge in [0.1, 0.15) is 5.82 Å². The summed E-state index contributed by atoms with van der Waals surface area (Å²) in [4.78, 5) is 25.0. The molecule has 5 heterocycles. The van der Waals surface area contributed by atoms with E-state index in [1.807, 2.05) is 35.6 Å². The zero-order valence-corrected chi connectivity index (χ0v) is 16.8. The second kappa shape index (κ2) is 7.83. The Labute approximate surface area is 178 Å². The highest BCUT2D eigenvalue weighted by atomic mass is 16.1. The highest BCUT2D eigenvalue weighted by Gasteiger charge is 2.12. The fourth-order valence-electron chi connectivity index (χ4n) is 3.33. The molecular formula is C23H19N7O. The number of amides is 1. The van der Waals surface area contributed by atoms with Crippen molar-refractivity contribution in [3.05, 3.63) is 96.7 Å². The van der Waals surface area contributed by atoms with Crippen LogP contribution in [-0.2, 0) is 6.54 Å². The van der Waals surface area contributed by atoms with Gasteiger partial charge in [0.05, 0.1) is 24.1 Å². The first-order valence-corrected chi connectivity index (χ1v) is 9.81. The lowest BCUT2D eigenvalue weighted by molar-refractivity contribution is 0.0945. The number of nitrogens with zero attached hydrogens (tertiary/aromatic N) is 6. The third-order valence-corrected chi connectivity index (χ3v) is 4.96. The molecule has 0 saturated carbocycles. The van der Waals surface area contributed by atoms with E-state index in [0.717, 1.165) is 28.2 Å². The first-order chi connectivity index (χ1) is 15.2. The molecule has 0 unspecified atom stereocenters. The Kier molecular flexibility index (Phi) is 4.72. The Morgan fingerprint density at radius 1 is 0.968 bits per heavy atom. The molecule has 0 aliphatic heterocycles. The molecule has 5 rings (SSSR count). The van der Waals surface area contributed by atoms with Crippen LogP contribution in [-0.4, -0.2) is 35.0 Å². The smallest absolute Gasteiger partial charge is 0.272 e. The molecule has 5 aromatic rings. The van der Waals surface area contributed by atoms with Gasteiger partial charge in [-0.2, -0.15) is 5.10 Å². The molecule has 0 spiro atoms. The molecule has 0 atom stereocenters. The molecule has 0 fully saturated rings. The molecule has 1 amide bonds. The Hall–Kier alpha value is -4.33. The maximum Gasteiger partial charge on any atom is 0.272 e. The van der Waals surface area contributed by atoms with Crippen LogP contribution in [0.15, 0.2) is 79.6 Å². The van der Waals surface area contributed by atoms with Gasteiger partial charge in [-0.25, -0.2) is 4.68 Å². The van der Waals surface area contributed by atoms with Crippen LogP contribution < -0.4 is 5.32 Å². The number of pyridine rings is 2. The topological polar surface area (TPSA) is 90.0 Å². The van der Waals surface area contributed by atoms with E-state index in [-0.39, 0.29) is 5.91 Å². The Balaban J connectivity index is 1.38. The number of fused-ring (bicyclic) bond motifs is 1. The van der Waals surface area contributed by atoms with E-state index in [1.165, 1.54) is 0 Å². The quantitative estimate of drug-likeness (QED) is 0.481. The minimum Gasteiger partial charge on any atom is -0.345 e. The highest BCUT2D eigenvalue weighted by molar-refractivity contribution is 5.92. The summed E-state index contributed by atoms with van der Waals surface area (Å²) in [5, 5.41) is 7.30. The van der Waals surface area contributed by atoms with Crippen molar-refractivity contribution in [1.82, 2.24) is 34.4 Å². The van der Waals surface area contributed by atoms with Crippen LogP contribution in [0.2, 0.25) is 0 Å². The molecule has 0 radical (unpaired) electrons. The normalized spacial score (nSPS) is 11.0. The Bertz CT molecular complexity index is 1350. The van der Waals surface area contributed by atoms with Crippen molar-refractivity contribution in [1.29, 1.82) is 0 Å². The van der Waals surface area contributed by atoms with Gasteiger partial charge < -0.3 is 9.72 Å². The zero-order chi connectivity index (χ0) is 21.2. The number of hydrogen-bond acceptors (Lipinski definition) is 5. The summed E-state index contributed by atoms with van der Waals surface area (Å²) in [6, 6.07) is 13.8. The summed E-state index contributed by atoms with van der Waals surface area (Å²) < 4.78 is 3.75. The molecular weight excluding hydrogens is 390 g/mol. The summed E-state index contributed by atoms with van der Waals surface area (Å²) in [5.74, 6) is 0.578. The van der Waals surface area contributed by atoms with Crippen molar-refractivity contribution < 1.29 is 4.79 Å². The number of aromatic nitrogens is 6. The van der Waals surface area contributed by atoms with E-state index in [2.05, 4.69) is 43.7 Å². The summed E-state index contributed by atoms with van der Waals surface area (Å²) in [5.41, 5.74) is 5.04. The van der Waals surface area contributed by atoms with Gasteiger partial charge >= 0.3 is 0 Å². The molecule has 1 N–H and O–H groups in total. The lowest BCUT2D eigenvalue weighted by Crippen LogP contribution is -2.24. The zero-order valence-electron chi connectivity index (χ0n) is 16.8. The predicted molar refractivity (Wildman–Crippen MR) is 116 cm³/mol. The lowest BCUT2D eigenvalue weighted by Gasteiger charge is -2.07. The number of nitrogens with one attached hydrogen (secondary N) is 1.